The van der Waals surface area contributed by atoms with Crippen LogP contribution in [0.2, 0.25) is 5.02 Å². The summed E-state index contributed by atoms with van der Waals surface area (Å²) in [6.07, 6.45) is 2.67. The molecule has 0 unspecified atom stereocenters. The zero-order valence-electron chi connectivity index (χ0n) is 11.2. The SMILES string of the molecule is Cc1ccnc(NC2=NN(c3ccc(Cl)cc3)CC2)c1. The quantitative estimate of drug-likeness (QED) is 0.915. The van der Waals surface area contributed by atoms with Crippen LogP contribution in [0.4, 0.5) is 11.5 Å². The van der Waals surface area contributed by atoms with E-state index in [1.807, 2.05) is 48.3 Å². The first kappa shape index (κ1) is 12.9. The third-order valence-corrected chi connectivity index (χ3v) is 3.37. The summed E-state index contributed by atoms with van der Waals surface area (Å²) in [6, 6.07) is 11.7. The van der Waals surface area contributed by atoms with Crippen LogP contribution in [0.15, 0.2) is 47.7 Å². The van der Waals surface area contributed by atoms with Gasteiger partial charge in [0.25, 0.3) is 0 Å². The van der Waals surface area contributed by atoms with Crippen molar-refractivity contribution in [3.63, 3.8) is 0 Å². The predicted octanol–water partition coefficient (Wildman–Crippen LogP) is 3.68. The van der Waals surface area contributed by atoms with Crippen LogP contribution in [0.5, 0.6) is 0 Å². The lowest BCUT2D eigenvalue weighted by Gasteiger charge is -2.12. The molecule has 1 N–H and O–H groups in total. The summed E-state index contributed by atoms with van der Waals surface area (Å²) < 4.78 is 0. The second kappa shape index (κ2) is 5.51. The topological polar surface area (TPSA) is 40.5 Å². The second-order valence-electron chi connectivity index (χ2n) is 4.74. The number of hydrazone groups is 1. The molecule has 0 spiro atoms. The van der Waals surface area contributed by atoms with Crippen LogP contribution in [0, 0.1) is 6.92 Å². The number of nitrogens with one attached hydrogen (secondary N) is 1. The standard InChI is InChI=1S/C15H15ClN4/c1-11-6-8-17-15(10-11)18-14-7-9-20(19-14)13-4-2-12(16)3-5-13/h2-6,8,10H,7,9H2,1H3,(H,17,18,19). The van der Waals surface area contributed by atoms with Crippen molar-refractivity contribution in [2.75, 3.05) is 16.9 Å². The molecular weight excluding hydrogens is 272 g/mol. The van der Waals surface area contributed by atoms with E-state index in [0.717, 1.165) is 35.3 Å². The van der Waals surface area contributed by atoms with Gasteiger partial charge in [0.05, 0.1) is 5.69 Å². The highest BCUT2D eigenvalue weighted by atomic mass is 35.5. The van der Waals surface area contributed by atoms with Crippen LogP contribution in [-0.4, -0.2) is 17.4 Å². The van der Waals surface area contributed by atoms with E-state index in [1.54, 1.807) is 6.20 Å². The van der Waals surface area contributed by atoms with Crippen molar-refractivity contribution in [2.24, 2.45) is 5.10 Å². The normalized spacial score (nSPS) is 14.3. The Bertz CT molecular complexity index is 637. The summed E-state index contributed by atoms with van der Waals surface area (Å²) in [5.41, 5.74) is 2.22. The minimum atomic E-state index is 0.735. The number of rotatable bonds is 2. The van der Waals surface area contributed by atoms with Crippen LogP contribution in [-0.2, 0) is 0 Å². The van der Waals surface area contributed by atoms with Crippen molar-refractivity contribution in [1.82, 2.24) is 4.98 Å². The van der Waals surface area contributed by atoms with Crippen LogP contribution >= 0.6 is 11.6 Å². The summed E-state index contributed by atoms with van der Waals surface area (Å²) in [7, 11) is 0. The van der Waals surface area contributed by atoms with Crippen molar-refractivity contribution < 1.29 is 0 Å². The molecule has 0 aliphatic carbocycles. The average molecular weight is 287 g/mol. The van der Waals surface area contributed by atoms with Gasteiger partial charge in [-0.05, 0) is 48.9 Å². The van der Waals surface area contributed by atoms with E-state index in [0.29, 0.717) is 0 Å². The molecule has 0 amide bonds. The molecule has 1 aliphatic heterocycles. The summed E-state index contributed by atoms with van der Waals surface area (Å²) in [5.74, 6) is 1.76. The van der Waals surface area contributed by atoms with Crippen LogP contribution < -0.4 is 10.3 Å². The highest BCUT2D eigenvalue weighted by molar-refractivity contribution is 6.30. The Morgan fingerprint density at radius 1 is 1.20 bits per heavy atom. The van der Waals surface area contributed by atoms with Gasteiger partial charge in [0, 0.05) is 24.2 Å². The van der Waals surface area contributed by atoms with E-state index in [2.05, 4.69) is 15.4 Å². The first-order valence-electron chi connectivity index (χ1n) is 6.51. The van der Waals surface area contributed by atoms with Gasteiger partial charge in [-0.3, -0.25) is 5.01 Å². The minimum absolute atomic E-state index is 0.735. The van der Waals surface area contributed by atoms with E-state index < -0.39 is 0 Å². The number of hydrogen-bond donors (Lipinski definition) is 1. The molecule has 0 saturated heterocycles. The maximum atomic E-state index is 5.89. The Morgan fingerprint density at radius 3 is 2.75 bits per heavy atom. The van der Waals surface area contributed by atoms with E-state index in [-0.39, 0.29) is 0 Å². The highest BCUT2D eigenvalue weighted by Crippen LogP contribution is 2.22. The molecular formula is C15H15ClN4. The minimum Gasteiger partial charge on any atom is -0.327 e. The number of anilines is 2. The molecule has 0 fully saturated rings. The third kappa shape index (κ3) is 2.91. The summed E-state index contributed by atoms with van der Waals surface area (Å²) >= 11 is 5.89. The number of amidine groups is 1. The van der Waals surface area contributed by atoms with Crippen molar-refractivity contribution in [2.45, 2.75) is 13.3 Å². The number of nitrogens with zero attached hydrogens (tertiary/aromatic N) is 3. The number of pyridine rings is 1. The predicted molar refractivity (Wildman–Crippen MR) is 83.4 cm³/mol. The lowest BCUT2D eigenvalue weighted by atomic mass is 10.3. The van der Waals surface area contributed by atoms with E-state index in [4.69, 9.17) is 11.6 Å². The van der Waals surface area contributed by atoms with Gasteiger partial charge in [0.1, 0.15) is 11.7 Å². The van der Waals surface area contributed by atoms with Crippen LogP contribution in [0.1, 0.15) is 12.0 Å². The van der Waals surface area contributed by atoms with Gasteiger partial charge < -0.3 is 5.32 Å². The molecule has 2 heterocycles. The first-order valence-corrected chi connectivity index (χ1v) is 6.89. The lowest BCUT2D eigenvalue weighted by Crippen LogP contribution is -2.11. The fraction of sp³-hybridized carbons (Fsp3) is 0.200. The van der Waals surface area contributed by atoms with Crippen LogP contribution in [0.3, 0.4) is 0 Å². The maximum Gasteiger partial charge on any atom is 0.131 e. The van der Waals surface area contributed by atoms with Gasteiger partial charge in [-0.1, -0.05) is 11.6 Å². The summed E-state index contributed by atoms with van der Waals surface area (Å²) in [5, 5.41) is 10.5. The third-order valence-electron chi connectivity index (χ3n) is 3.11. The Morgan fingerprint density at radius 2 is 2.00 bits per heavy atom. The molecule has 0 radical (unpaired) electrons. The van der Waals surface area contributed by atoms with Gasteiger partial charge in [-0.25, -0.2) is 4.98 Å². The molecule has 3 rings (SSSR count). The number of hydrogen-bond acceptors (Lipinski definition) is 4. The molecule has 0 atom stereocenters. The summed E-state index contributed by atoms with van der Waals surface area (Å²) in [4.78, 5) is 4.28. The largest absolute Gasteiger partial charge is 0.327 e. The van der Waals surface area contributed by atoms with Crippen molar-refractivity contribution >= 4 is 28.9 Å². The van der Waals surface area contributed by atoms with E-state index in [9.17, 15) is 0 Å². The van der Waals surface area contributed by atoms with Gasteiger partial charge >= 0.3 is 0 Å². The second-order valence-corrected chi connectivity index (χ2v) is 5.18. The molecule has 2 aromatic rings. The Hall–Kier alpha value is -2.07. The zero-order chi connectivity index (χ0) is 13.9. The van der Waals surface area contributed by atoms with Crippen molar-refractivity contribution in [3.05, 3.63) is 53.2 Å². The molecule has 20 heavy (non-hydrogen) atoms. The summed E-state index contributed by atoms with van der Waals surface area (Å²) in [6.45, 7) is 2.90. The highest BCUT2D eigenvalue weighted by Gasteiger charge is 2.16. The molecule has 0 bridgehead atoms. The molecule has 102 valence electrons. The fourth-order valence-corrected chi connectivity index (χ4v) is 2.22. The van der Waals surface area contributed by atoms with Crippen molar-refractivity contribution in [3.8, 4) is 0 Å². The molecule has 1 aliphatic rings. The van der Waals surface area contributed by atoms with E-state index in [1.165, 1.54) is 5.56 Å². The lowest BCUT2D eigenvalue weighted by molar-refractivity contribution is 0.922. The average Bonchev–Trinajstić information content (AvgIpc) is 2.88. The van der Waals surface area contributed by atoms with E-state index >= 15 is 0 Å². The number of aryl methyl sites for hydroxylation is 1. The fourth-order valence-electron chi connectivity index (χ4n) is 2.10. The smallest absolute Gasteiger partial charge is 0.131 e. The molecule has 0 saturated carbocycles. The molecule has 5 heteroatoms. The van der Waals surface area contributed by atoms with Gasteiger partial charge in [-0.2, -0.15) is 5.10 Å². The number of aromatic nitrogens is 1. The number of benzene rings is 1. The Labute approximate surface area is 123 Å². The Balaban J connectivity index is 1.73. The van der Waals surface area contributed by atoms with Crippen molar-refractivity contribution in [1.29, 1.82) is 0 Å². The van der Waals surface area contributed by atoms with Crippen LogP contribution in [0.25, 0.3) is 0 Å². The maximum absolute atomic E-state index is 5.89. The zero-order valence-corrected chi connectivity index (χ0v) is 11.9. The van der Waals surface area contributed by atoms with Gasteiger partial charge in [-0.15, -0.1) is 0 Å². The molecule has 4 nitrogen and oxygen atoms in total. The monoisotopic (exact) mass is 286 g/mol. The van der Waals surface area contributed by atoms with Gasteiger partial charge in [0.2, 0.25) is 0 Å². The number of halogens is 1. The molecule has 1 aromatic heterocycles. The van der Waals surface area contributed by atoms with Gasteiger partial charge in [0.15, 0.2) is 0 Å². The first-order chi connectivity index (χ1) is 9.70. The Kier molecular flexibility index (Phi) is 3.56. The molecule has 1 aromatic carbocycles.